The summed E-state index contributed by atoms with van der Waals surface area (Å²) in [6.07, 6.45) is 0. The van der Waals surface area contributed by atoms with Gasteiger partial charge in [-0.15, -0.1) is 0 Å². The summed E-state index contributed by atoms with van der Waals surface area (Å²) in [4.78, 5) is 14.3. The molecule has 0 aliphatic carbocycles. The fourth-order valence-corrected chi connectivity index (χ4v) is 0.614. The summed E-state index contributed by atoms with van der Waals surface area (Å²) in [7, 11) is -3.13. The summed E-state index contributed by atoms with van der Waals surface area (Å²) in [5, 5.41) is 0. The average Bonchev–Trinajstić information content (AvgIpc) is 2.05. The van der Waals surface area contributed by atoms with Crippen LogP contribution in [0.25, 0.3) is 0 Å². The molecule has 0 saturated carbocycles. The van der Waals surface area contributed by atoms with Crippen LogP contribution in [0.1, 0.15) is 5.56 Å². The predicted molar refractivity (Wildman–Crippen MR) is 47.8 cm³/mol. The summed E-state index contributed by atoms with van der Waals surface area (Å²) in [5.41, 5.74) is 6.54. The highest BCUT2D eigenvalue weighted by Crippen LogP contribution is 1.98. The maximum absolute atomic E-state index is 8.74. The third-order valence-electron chi connectivity index (χ3n) is 1.08. The van der Waals surface area contributed by atoms with Gasteiger partial charge < -0.3 is 15.5 Å². The lowest BCUT2D eigenvalue weighted by Crippen LogP contribution is -1.94. The molecule has 0 radical (unpaired) electrons. The molecule has 0 unspecified atom stereocenters. The van der Waals surface area contributed by atoms with Gasteiger partial charge in [0.05, 0.1) is 0 Å². The molecule has 0 saturated heterocycles. The molecule has 4 nitrogen and oxygen atoms in total. The lowest BCUT2D eigenvalue weighted by atomic mass is 10.2. The monoisotopic (exact) mass is 189 g/mol. The number of nitrogens with two attached hydrogens (primary N) is 1. The quantitative estimate of drug-likeness (QED) is 0.562. The third-order valence-corrected chi connectivity index (χ3v) is 1.08. The Labute approximate surface area is 71.6 Å². The van der Waals surface area contributed by atoms with E-state index in [9.17, 15) is 0 Å². The van der Waals surface area contributed by atoms with Crippen molar-refractivity contribution in [3.05, 3.63) is 35.9 Å². The lowest BCUT2D eigenvalue weighted by Gasteiger charge is -1.90. The molecular weight excluding hydrogens is 177 g/mol. The molecule has 0 aliphatic rings. The zero-order valence-corrected chi connectivity index (χ0v) is 7.47. The van der Waals surface area contributed by atoms with Gasteiger partial charge in [-0.3, -0.25) is 4.57 Å². The van der Waals surface area contributed by atoms with Crippen molar-refractivity contribution in [1.29, 1.82) is 0 Å². The Morgan fingerprint density at radius 1 is 1.25 bits per heavy atom. The number of rotatable bonds is 1. The van der Waals surface area contributed by atoms with Crippen molar-refractivity contribution in [3.63, 3.8) is 0 Å². The fraction of sp³-hybridized carbons (Fsp3) is 0.143. The molecule has 1 aromatic rings. The maximum Gasteiger partial charge on any atom is 0.314 e. The van der Waals surface area contributed by atoms with Crippen LogP contribution < -0.4 is 5.73 Å². The van der Waals surface area contributed by atoms with Crippen molar-refractivity contribution in [1.82, 2.24) is 0 Å². The first-order valence-corrected chi connectivity index (χ1v) is 4.63. The van der Waals surface area contributed by atoms with Crippen LogP contribution in [0.5, 0.6) is 0 Å². The van der Waals surface area contributed by atoms with Crippen LogP contribution in [0.4, 0.5) is 0 Å². The SMILES string of the molecule is NCc1ccccc1.O=[PH](O)O. The smallest absolute Gasteiger partial charge is 0.314 e. The summed E-state index contributed by atoms with van der Waals surface area (Å²) >= 11 is 0. The Kier molecular flexibility index (Phi) is 6.61. The molecule has 0 spiro atoms. The Morgan fingerprint density at radius 2 is 1.67 bits per heavy atom. The molecule has 0 atom stereocenters. The van der Waals surface area contributed by atoms with E-state index < -0.39 is 8.25 Å². The second-order valence-electron chi connectivity index (χ2n) is 1.97. The van der Waals surface area contributed by atoms with E-state index in [1.807, 2.05) is 30.3 Å². The van der Waals surface area contributed by atoms with Crippen molar-refractivity contribution in [2.45, 2.75) is 6.54 Å². The highest BCUT2D eigenvalue weighted by molar-refractivity contribution is 7.30. The zero-order valence-electron chi connectivity index (χ0n) is 6.47. The Balaban J connectivity index is 0.000000261. The van der Waals surface area contributed by atoms with Crippen LogP contribution in [-0.4, -0.2) is 9.79 Å². The predicted octanol–water partition coefficient (Wildman–Crippen LogP) is 0.506. The van der Waals surface area contributed by atoms with Gasteiger partial charge in [-0.25, -0.2) is 0 Å². The summed E-state index contributed by atoms with van der Waals surface area (Å²) in [6.45, 7) is 0.640. The largest absolute Gasteiger partial charge is 0.326 e. The van der Waals surface area contributed by atoms with Crippen LogP contribution in [0.3, 0.4) is 0 Å². The lowest BCUT2D eigenvalue weighted by molar-refractivity contribution is 0.405. The van der Waals surface area contributed by atoms with E-state index >= 15 is 0 Å². The Hall–Kier alpha value is -0.670. The molecule has 0 bridgehead atoms. The molecule has 0 aliphatic heterocycles. The number of hydrogen-bond acceptors (Lipinski definition) is 2. The molecule has 1 aromatic carbocycles. The van der Waals surface area contributed by atoms with Gasteiger partial charge in [-0.05, 0) is 5.56 Å². The van der Waals surface area contributed by atoms with Crippen LogP contribution in [0, 0.1) is 0 Å². The highest BCUT2D eigenvalue weighted by atomic mass is 31.1. The topological polar surface area (TPSA) is 83.6 Å². The molecule has 12 heavy (non-hydrogen) atoms. The third kappa shape index (κ3) is 7.44. The molecule has 68 valence electrons. The first kappa shape index (κ1) is 11.3. The van der Waals surface area contributed by atoms with E-state index in [-0.39, 0.29) is 0 Å². The van der Waals surface area contributed by atoms with Gasteiger partial charge in [0.15, 0.2) is 0 Å². The van der Waals surface area contributed by atoms with Crippen LogP contribution >= 0.6 is 8.25 Å². The van der Waals surface area contributed by atoms with Gasteiger partial charge in [0, 0.05) is 6.54 Å². The molecule has 0 amide bonds. The summed E-state index contributed by atoms with van der Waals surface area (Å²) in [6, 6.07) is 9.99. The van der Waals surface area contributed by atoms with E-state index in [1.165, 1.54) is 5.56 Å². The van der Waals surface area contributed by atoms with E-state index in [0.717, 1.165) is 0 Å². The van der Waals surface area contributed by atoms with Gasteiger partial charge in [0.25, 0.3) is 0 Å². The van der Waals surface area contributed by atoms with Crippen molar-refractivity contribution in [2.75, 3.05) is 0 Å². The molecular formula is C7H12NO3P. The zero-order chi connectivity index (χ0) is 9.40. The highest BCUT2D eigenvalue weighted by Gasteiger charge is 1.80. The van der Waals surface area contributed by atoms with Gasteiger partial charge >= 0.3 is 8.25 Å². The van der Waals surface area contributed by atoms with Gasteiger partial charge in [0.1, 0.15) is 0 Å². The normalized spacial score (nSPS) is 9.00. The standard InChI is InChI=1S/C7H9N.H3O3P/c8-6-7-4-2-1-3-5-7;1-4(2)3/h1-5H,6,8H2;4H,(H2,1,2,3). The fourth-order valence-electron chi connectivity index (χ4n) is 0.614. The van der Waals surface area contributed by atoms with E-state index in [0.29, 0.717) is 6.54 Å². The number of hydrogen-bond donors (Lipinski definition) is 3. The number of benzene rings is 1. The van der Waals surface area contributed by atoms with Crippen molar-refractivity contribution in [3.8, 4) is 0 Å². The summed E-state index contributed by atoms with van der Waals surface area (Å²) in [5.74, 6) is 0. The van der Waals surface area contributed by atoms with E-state index in [2.05, 4.69) is 0 Å². The molecule has 1 rings (SSSR count). The van der Waals surface area contributed by atoms with Crippen molar-refractivity contribution < 1.29 is 14.4 Å². The van der Waals surface area contributed by atoms with Gasteiger partial charge in [-0.1, -0.05) is 30.3 Å². The minimum atomic E-state index is -3.13. The molecule has 0 fully saturated rings. The second-order valence-corrected chi connectivity index (χ2v) is 2.54. The van der Waals surface area contributed by atoms with Crippen molar-refractivity contribution in [2.24, 2.45) is 5.73 Å². The second kappa shape index (κ2) is 7.00. The van der Waals surface area contributed by atoms with Crippen LogP contribution in [-0.2, 0) is 11.1 Å². The van der Waals surface area contributed by atoms with Gasteiger partial charge in [0.2, 0.25) is 0 Å². The van der Waals surface area contributed by atoms with E-state index in [1.54, 1.807) is 0 Å². The Bertz CT molecular complexity index is 223. The van der Waals surface area contributed by atoms with Crippen LogP contribution in [0.2, 0.25) is 0 Å². The molecule has 4 N–H and O–H groups in total. The molecule has 0 heterocycles. The minimum absolute atomic E-state index is 0.640. The minimum Gasteiger partial charge on any atom is -0.326 e. The summed E-state index contributed by atoms with van der Waals surface area (Å²) < 4.78 is 8.74. The average molecular weight is 189 g/mol. The Morgan fingerprint density at radius 3 is 1.92 bits per heavy atom. The van der Waals surface area contributed by atoms with E-state index in [4.69, 9.17) is 20.1 Å². The first-order valence-electron chi connectivity index (χ1n) is 3.32. The molecule has 0 aromatic heterocycles. The van der Waals surface area contributed by atoms with Crippen molar-refractivity contribution >= 4 is 8.25 Å². The van der Waals surface area contributed by atoms with Crippen LogP contribution in [0.15, 0.2) is 30.3 Å². The first-order chi connectivity index (χ1) is 5.66. The maximum atomic E-state index is 8.74. The molecule has 5 heteroatoms. The van der Waals surface area contributed by atoms with Gasteiger partial charge in [-0.2, -0.15) is 0 Å².